The number of hydrogen-bond acceptors (Lipinski definition) is 0. The van der Waals surface area contributed by atoms with Gasteiger partial charge in [-0.2, -0.15) is 0 Å². The second-order valence-corrected chi connectivity index (χ2v) is 16.8. The number of aryl methyl sites for hydroxylation is 3. The van der Waals surface area contributed by atoms with Gasteiger partial charge in [0.15, 0.2) is 0 Å². The summed E-state index contributed by atoms with van der Waals surface area (Å²) < 4.78 is 0. The first kappa shape index (κ1) is 33.0. The molecule has 1 unspecified atom stereocenters. The minimum absolute atomic E-state index is 0.370. The predicted molar refractivity (Wildman–Crippen MR) is 244 cm³/mol. The molecule has 0 aromatic heterocycles. The summed E-state index contributed by atoms with van der Waals surface area (Å²) in [6.45, 7) is 6.72. The van der Waals surface area contributed by atoms with E-state index in [0.717, 1.165) is 32.1 Å². The molecule has 0 radical (unpaired) electrons. The van der Waals surface area contributed by atoms with Crippen LogP contribution in [0.2, 0.25) is 0 Å². The average Bonchev–Trinajstić information content (AvgIpc) is 3.75. The third kappa shape index (κ3) is 4.56. The maximum atomic E-state index is 2.66. The molecule has 0 amide bonds. The molecular formula is C57H44. The van der Waals surface area contributed by atoms with Gasteiger partial charge in [-0.1, -0.05) is 127 Å². The average molecular weight is 729 g/mol. The van der Waals surface area contributed by atoms with Crippen LogP contribution in [-0.4, -0.2) is 0 Å². The van der Waals surface area contributed by atoms with E-state index in [9.17, 15) is 0 Å². The van der Waals surface area contributed by atoms with E-state index in [0.29, 0.717) is 5.92 Å². The first-order chi connectivity index (χ1) is 28.1. The topological polar surface area (TPSA) is 0 Å². The van der Waals surface area contributed by atoms with Crippen molar-refractivity contribution in [2.75, 3.05) is 0 Å². The van der Waals surface area contributed by atoms with Gasteiger partial charge in [-0.25, -0.2) is 0 Å². The van der Waals surface area contributed by atoms with Gasteiger partial charge in [0.25, 0.3) is 0 Å². The lowest BCUT2D eigenvalue weighted by molar-refractivity contribution is 0.845. The number of allylic oxidation sites excluding steroid dienone is 6. The van der Waals surface area contributed by atoms with E-state index in [2.05, 4.69) is 166 Å². The monoisotopic (exact) mass is 728 g/mol. The first-order valence-corrected chi connectivity index (χ1v) is 21.0. The Morgan fingerprint density at radius 1 is 0.667 bits per heavy atom. The molecule has 0 heterocycles. The molecule has 0 bridgehead atoms. The molecule has 0 spiro atoms. The Hall–Kier alpha value is -6.24. The molecule has 0 N–H and O–H groups in total. The summed E-state index contributed by atoms with van der Waals surface area (Å²) in [5.41, 5.74) is 28.0. The normalized spacial score (nSPS) is 16.9. The van der Waals surface area contributed by atoms with Gasteiger partial charge in [0.2, 0.25) is 0 Å². The van der Waals surface area contributed by atoms with Crippen molar-refractivity contribution in [1.29, 1.82) is 0 Å². The highest BCUT2D eigenvalue weighted by molar-refractivity contribution is 6.23. The summed E-state index contributed by atoms with van der Waals surface area (Å²) in [6, 6.07) is 37.9. The van der Waals surface area contributed by atoms with E-state index < -0.39 is 0 Å². The van der Waals surface area contributed by atoms with E-state index in [1.54, 1.807) is 0 Å². The fourth-order valence-electron chi connectivity index (χ4n) is 11.4. The van der Waals surface area contributed by atoms with Crippen LogP contribution in [0.25, 0.3) is 78.2 Å². The highest BCUT2D eigenvalue weighted by Crippen LogP contribution is 2.61. The van der Waals surface area contributed by atoms with Gasteiger partial charge < -0.3 is 0 Å². The number of rotatable bonds is 4. The Bertz CT molecular complexity index is 3110. The van der Waals surface area contributed by atoms with Crippen LogP contribution >= 0.6 is 0 Å². The van der Waals surface area contributed by atoms with E-state index in [1.165, 1.54) is 133 Å². The molecule has 0 nitrogen and oxygen atoms in total. The number of benzene rings is 7. The minimum atomic E-state index is 0.370. The third-order valence-electron chi connectivity index (χ3n) is 14.0. The first-order valence-electron chi connectivity index (χ1n) is 21.0. The molecule has 0 saturated heterocycles. The lowest BCUT2D eigenvalue weighted by Gasteiger charge is -2.26. The molecule has 12 rings (SSSR count). The molecular weight excluding hydrogens is 685 g/mol. The molecule has 7 aromatic rings. The van der Waals surface area contributed by atoms with E-state index in [-0.39, 0.29) is 0 Å². The van der Waals surface area contributed by atoms with Gasteiger partial charge in [0.1, 0.15) is 0 Å². The molecule has 1 atom stereocenters. The van der Waals surface area contributed by atoms with Crippen LogP contribution in [0, 0.1) is 13.8 Å². The molecule has 7 aromatic carbocycles. The Kier molecular flexibility index (Phi) is 7.16. The summed E-state index contributed by atoms with van der Waals surface area (Å²) >= 11 is 0. The van der Waals surface area contributed by atoms with Gasteiger partial charge >= 0.3 is 0 Å². The zero-order chi connectivity index (χ0) is 37.9. The van der Waals surface area contributed by atoms with E-state index in [4.69, 9.17) is 0 Å². The number of fused-ring (bicyclic) bond motifs is 10. The molecule has 5 aliphatic carbocycles. The minimum Gasteiger partial charge on any atom is -0.0876 e. The van der Waals surface area contributed by atoms with Crippen molar-refractivity contribution in [2.45, 2.75) is 58.8 Å². The standard InChI is InChI=1S/C57H44/c1-4-5-21-41(38-24-10-15-33(2)34(38)3)54-49-31-47-44-26-12-19-36-20-13-27-45(52(36)44)48(47)32-50(49)55(43-25-11-18-35-16-6-8-22-39(35)43)56-46-29-14-28-42-40-23-9-7-17-37(40)30-51(53(42)46)57(54)56/h4-5,7-13,15,17-26,29-32,45H,6,14,16,27-28H2,1-3H3/b5-4-,41-21+. The highest BCUT2D eigenvalue weighted by Gasteiger charge is 2.39. The zero-order valence-corrected chi connectivity index (χ0v) is 33.0. The predicted octanol–water partition coefficient (Wildman–Crippen LogP) is 15.1. The van der Waals surface area contributed by atoms with Gasteiger partial charge in [-0.15, -0.1) is 0 Å². The summed E-state index contributed by atoms with van der Waals surface area (Å²) in [7, 11) is 0. The van der Waals surface area contributed by atoms with Crippen molar-refractivity contribution in [2.24, 2.45) is 0 Å². The Morgan fingerprint density at radius 2 is 1.54 bits per heavy atom. The SMILES string of the molecule is C/C=C\C=C(/c1cccc(C)c1C)c1c2c(c(-c3cccc4c3C=CCC4)c3cc4c(cc13)-c1cccc3c1C4CC=C3)C1=CCCc3c1c-2cc1ccccc31. The summed E-state index contributed by atoms with van der Waals surface area (Å²) in [4.78, 5) is 0. The zero-order valence-electron chi connectivity index (χ0n) is 33.0. The molecule has 0 heteroatoms. The molecule has 0 saturated carbocycles. The largest absolute Gasteiger partial charge is 0.0876 e. The van der Waals surface area contributed by atoms with Crippen molar-refractivity contribution >= 4 is 44.8 Å². The molecule has 0 fully saturated rings. The molecule has 57 heavy (non-hydrogen) atoms. The fraction of sp³-hybridized carbons (Fsp3) is 0.158. The Morgan fingerprint density at radius 3 is 2.47 bits per heavy atom. The van der Waals surface area contributed by atoms with Crippen molar-refractivity contribution in [3.8, 4) is 33.4 Å². The molecule has 5 aliphatic rings. The second kappa shape index (κ2) is 12.4. The van der Waals surface area contributed by atoms with Crippen LogP contribution in [0.4, 0.5) is 0 Å². The smallest absolute Gasteiger partial charge is 0.0142 e. The second-order valence-electron chi connectivity index (χ2n) is 16.8. The van der Waals surface area contributed by atoms with Gasteiger partial charge in [0, 0.05) is 5.92 Å². The van der Waals surface area contributed by atoms with E-state index in [1.807, 2.05) is 0 Å². The van der Waals surface area contributed by atoms with Gasteiger partial charge in [-0.3, -0.25) is 0 Å². The fourth-order valence-corrected chi connectivity index (χ4v) is 11.4. The van der Waals surface area contributed by atoms with Crippen molar-refractivity contribution in [3.05, 3.63) is 200 Å². The third-order valence-corrected chi connectivity index (χ3v) is 14.0. The van der Waals surface area contributed by atoms with Crippen molar-refractivity contribution in [1.82, 2.24) is 0 Å². The van der Waals surface area contributed by atoms with Crippen LogP contribution in [0.1, 0.15) is 98.9 Å². The summed E-state index contributed by atoms with van der Waals surface area (Å²) in [5.74, 6) is 0.370. The van der Waals surface area contributed by atoms with Crippen LogP contribution in [0.3, 0.4) is 0 Å². The van der Waals surface area contributed by atoms with Crippen molar-refractivity contribution < 1.29 is 0 Å². The van der Waals surface area contributed by atoms with Crippen LogP contribution in [0.15, 0.2) is 134 Å². The lowest BCUT2D eigenvalue weighted by atomic mass is 9.77. The quantitative estimate of drug-likeness (QED) is 0.158. The number of hydrogen-bond donors (Lipinski definition) is 0. The van der Waals surface area contributed by atoms with Crippen LogP contribution in [-0.2, 0) is 12.8 Å². The van der Waals surface area contributed by atoms with Crippen molar-refractivity contribution in [3.63, 3.8) is 0 Å². The molecule has 0 aliphatic heterocycles. The van der Waals surface area contributed by atoms with Gasteiger partial charge in [0.05, 0.1) is 0 Å². The molecule has 272 valence electrons. The summed E-state index contributed by atoms with van der Waals surface area (Å²) in [5, 5.41) is 5.46. The lowest BCUT2D eigenvalue weighted by Crippen LogP contribution is -2.04. The van der Waals surface area contributed by atoms with E-state index >= 15 is 0 Å². The summed E-state index contributed by atoms with van der Waals surface area (Å²) in [6.07, 6.45) is 24.3. The Labute approximate surface area is 335 Å². The maximum absolute atomic E-state index is 2.66. The van der Waals surface area contributed by atoms with Crippen LogP contribution in [0.5, 0.6) is 0 Å². The Balaban J connectivity index is 1.33. The highest BCUT2D eigenvalue weighted by atomic mass is 14.4. The maximum Gasteiger partial charge on any atom is 0.0142 e. The van der Waals surface area contributed by atoms with Crippen LogP contribution < -0.4 is 0 Å². The van der Waals surface area contributed by atoms with Gasteiger partial charge in [-0.05, 0) is 204 Å².